The minimum absolute atomic E-state index is 0.122. The lowest BCUT2D eigenvalue weighted by molar-refractivity contribution is -0.384. The standard InChI is InChI=1S/C9H6ClNO2S/c10-5-8-4-6-3-7(11(12)13)1-2-9(6)14-8/h1-4H,5H2. The lowest BCUT2D eigenvalue weighted by Crippen LogP contribution is -1.85. The van der Waals surface area contributed by atoms with E-state index in [1.807, 2.05) is 6.07 Å². The molecule has 0 fully saturated rings. The zero-order chi connectivity index (χ0) is 10.1. The van der Waals surface area contributed by atoms with Gasteiger partial charge >= 0.3 is 0 Å². The van der Waals surface area contributed by atoms with Gasteiger partial charge in [-0.1, -0.05) is 0 Å². The number of fused-ring (bicyclic) bond motifs is 1. The first kappa shape index (κ1) is 9.43. The van der Waals surface area contributed by atoms with Gasteiger partial charge in [0.15, 0.2) is 0 Å². The quantitative estimate of drug-likeness (QED) is 0.447. The van der Waals surface area contributed by atoms with Crippen LogP contribution in [-0.2, 0) is 5.88 Å². The zero-order valence-electron chi connectivity index (χ0n) is 7.07. The number of nitro groups is 1. The van der Waals surface area contributed by atoms with Crippen molar-refractivity contribution >= 4 is 38.7 Å². The van der Waals surface area contributed by atoms with Gasteiger partial charge in [0, 0.05) is 21.7 Å². The molecule has 0 N–H and O–H groups in total. The molecular weight excluding hydrogens is 222 g/mol. The number of hydrogen-bond donors (Lipinski definition) is 0. The number of benzene rings is 1. The SMILES string of the molecule is O=[N+]([O-])c1ccc2sc(CCl)cc2c1. The van der Waals surface area contributed by atoms with Gasteiger partial charge in [-0.15, -0.1) is 22.9 Å². The van der Waals surface area contributed by atoms with Gasteiger partial charge in [-0.3, -0.25) is 10.1 Å². The van der Waals surface area contributed by atoms with E-state index in [0.717, 1.165) is 15.0 Å². The summed E-state index contributed by atoms with van der Waals surface area (Å²) >= 11 is 7.24. The molecule has 2 aromatic rings. The maximum absolute atomic E-state index is 10.5. The fourth-order valence-electron chi connectivity index (χ4n) is 1.27. The summed E-state index contributed by atoms with van der Waals surface area (Å²) < 4.78 is 1.03. The van der Waals surface area contributed by atoms with Crippen LogP contribution in [0.1, 0.15) is 4.88 Å². The number of non-ortho nitro benzene ring substituents is 1. The monoisotopic (exact) mass is 227 g/mol. The number of nitro benzene ring substituents is 1. The topological polar surface area (TPSA) is 43.1 Å². The van der Waals surface area contributed by atoms with E-state index in [0.29, 0.717) is 5.88 Å². The summed E-state index contributed by atoms with van der Waals surface area (Å²) in [4.78, 5) is 11.1. The molecule has 14 heavy (non-hydrogen) atoms. The fraction of sp³-hybridized carbons (Fsp3) is 0.111. The largest absolute Gasteiger partial charge is 0.270 e. The zero-order valence-corrected chi connectivity index (χ0v) is 8.64. The van der Waals surface area contributed by atoms with E-state index in [1.165, 1.54) is 6.07 Å². The van der Waals surface area contributed by atoms with Crippen LogP contribution >= 0.6 is 22.9 Å². The first-order chi connectivity index (χ1) is 6.70. The molecule has 0 aliphatic carbocycles. The number of nitrogens with zero attached hydrogens (tertiary/aromatic N) is 1. The normalized spacial score (nSPS) is 10.6. The Labute approximate surface area is 89.1 Å². The van der Waals surface area contributed by atoms with Gasteiger partial charge in [0.2, 0.25) is 0 Å². The summed E-state index contributed by atoms with van der Waals surface area (Å²) in [6.07, 6.45) is 0. The van der Waals surface area contributed by atoms with Gasteiger partial charge in [-0.2, -0.15) is 0 Å². The molecule has 0 radical (unpaired) electrons. The van der Waals surface area contributed by atoms with Gasteiger partial charge in [0.05, 0.1) is 10.8 Å². The molecule has 3 nitrogen and oxygen atoms in total. The minimum atomic E-state index is -0.391. The molecule has 1 aromatic heterocycles. The van der Waals surface area contributed by atoms with Crippen molar-refractivity contribution in [3.8, 4) is 0 Å². The third-order valence-electron chi connectivity index (χ3n) is 1.89. The number of rotatable bonds is 2. The summed E-state index contributed by atoms with van der Waals surface area (Å²) in [6.45, 7) is 0. The first-order valence-corrected chi connectivity index (χ1v) is 5.28. The second-order valence-electron chi connectivity index (χ2n) is 2.83. The second-order valence-corrected chi connectivity index (χ2v) is 4.26. The van der Waals surface area contributed by atoms with Crippen LogP contribution in [0.25, 0.3) is 10.1 Å². The first-order valence-electron chi connectivity index (χ1n) is 3.93. The average molecular weight is 228 g/mol. The van der Waals surface area contributed by atoms with Gasteiger partial charge in [-0.05, 0) is 17.5 Å². The highest BCUT2D eigenvalue weighted by atomic mass is 35.5. The Morgan fingerprint density at radius 1 is 1.43 bits per heavy atom. The third kappa shape index (κ3) is 1.58. The molecule has 0 unspecified atom stereocenters. The number of hydrogen-bond acceptors (Lipinski definition) is 3. The van der Waals surface area contributed by atoms with Crippen LogP contribution < -0.4 is 0 Å². The summed E-state index contributed by atoms with van der Waals surface area (Å²) in [6, 6.07) is 6.73. The molecule has 0 saturated carbocycles. The van der Waals surface area contributed by atoms with E-state index in [4.69, 9.17) is 11.6 Å². The Hall–Kier alpha value is -1.13. The van der Waals surface area contributed by atoms with E-state index in [1.54, 1.807) is 23.5 Å². The van der Waals surface area contributed by atoms with Crippen LogP contribution in [0.4, 0.5) is 5.69 Å². The Bertz CT molecular complexity index is 495. The van der Waals surface area contributed by atoms with Crippen LogP contribution in [0.2, 0.25) is 0 Å². The van der Waals surface area contributed by atoms with Crippen molar-refractivity contribution in [3.63, 3.8) is 0 Å². The smallest absolute Gasteiger partial charge is 0.258 e. The maximum Gasteiger partial charge on any atom is 0.270 e. The Balaban J connectivity index is 2.59. The molecule has 0 aliphatic rings. The molecule has 5 heteroatoms. The lowest BCUT2D eigenvalue weighted by Gasteiger charge is -1.90. The highest BCUT2D eigenvalue weighted by Crippen LogP contribution is 2.29. The number of thiophene rings is 1. The highest BCUT2D eigenvalue weighted by Gasteiger charge is 2.08. The van der Waals surface area contributed by atoms with E-state index >= 15 is 0 Å². The van der Waals surface area contributed by atoms with E-state index in [2.05, 4.69) is 0 Å². The molecule has 2 rings (SSSR count). The van der Waals surface area contributed by atoms with Crippen molar-refractivity contribution in [1.82, 2.24) is 0 Å². The van der Waals surface area contributed by atoms with Gasteiger partial charge < -0.3 is 0 Å². The van der Waals surface area contributed by atoms with Crippen molar-refractivity contribution in [2.75, 3.05) is 0 Å². The Morgan fingerprint density at radius 3 is 2.86 bits per heavy atom. The van der Waals surface area contributed by atoms with E-state index in [9.17, 15) is 10.1 Å². The average Bonchev–Trinajstić information content (AvgIpc) is 2.58. The molecule has 0 aliphatic heterocycles. The van der Waals surface area contributed by atoms with Crippen LogP contribution in [0.3, 0.4) is 0 Å². The molecular formula is C9H6ClNO2S. The van der Waals surface area contributed by atoms with E-state index in [-0.39, 0.29) is 5.69 Å². The highest BCUT2D eigenvalue weighted by molar-refractivity contribution is 7.19. The number of alkyl halides is 1. The minimum Gasteiger partial charge on any atom is -0.258 e. The third-order valence-corrected chi connectivity index (χ3v) is 3.46. The van der Waals surface area contributed by atoms with Crippen molar-refractivity contribution in [2.45, 2.75) is 5.88 Å². The Morgan fingerprint density at radius 2 is 2.21 bits per heavy atom. The lowest BCUT2D eigenvalue weighted by atomic mass is 10.2. The van der Waals surface area contributed by atoms with Crippen molar-refractivity contribution in [1.29, 1.82) is 0 Å². The fourth-order valence-corrected chi connectivity index (χ4v) is 2.40. The molecule has 0 amide bonds. The maximum atomic E-state index is 10.5. The molecule has 1 heterocycles. The van der Waals surface area contributed by atoms with Gasteiger partial charge in [0.1, 0.15) is 0 Å². The molecule has 0 bridgehead atoms. The summed E-state index contributed by atoms with van der Waals surface area (Å²) in [7, 11) is 0. The van der Waals surface area contributed by atoms with Crippen LogP contribution in [0, 0.1) is 10.1 Å². The van der Waals surface area contributed by atoms with Crippen LogP contribution in [0.15, 0.2) is 24.3 Å². The van der Waals surface area contributed by atoms with Crippen LogP contribution in [-0.4, -0.2) is 4.92 Å². The van der Waals surface area contributed by atoms with Gasteiger partial charge in [-0.25, -0.2) is 0 Å². The van der Waals surface area contributed by atoms with Crippen molar-refractivity contribution in [2.24, 2.45) is 0 Å². The molecule has 72 valence electrons. The number of halogens is 1. The molecule has 0 saturated heterocycles. The van der Waals surface area contributed by atoms with Crippen molar-refractivity contribution < 1.29 is 4.92 Å². The molecule has 0 atom stereocenters. The summed E-state index contributed by atoms with van der Waals surface area (Å²) in [5.41, 5.74) is 0.122. The van der Waals surface area contributed by atoms with Crippen LogP contribution in [0.5, 0.6) is 0 Å². The predicted octanol–water partition coefficient (Wildman–Crippen LogP) is 3.55. The predicted molar refractivity (Wildman–Crippen MR) is 58.0 cm³/mol. The molecule has 1 aromatic carbocycles. The van der Waals surface area contributed by atoms with Crippen molar-refractivity contribution in [3.05, 3.63) is 39.3 Å². The Kier molecular flexibility index (Phi) is 2.39. The summed E-state index contributed by atoms with van der Waals surface area (Å²) in [5, 5.41) is 11.4. The second kappa shape index (κ2) is 3.55. The van der Waals surface area contributed by atoms with E-state index < -0.39 is 4.92 Å². The summed E-state index contributed by atoms with van der Waals surface area (Å²) in [5.74, 6) is 0.452. The molecule has 0 spiro atoms. The van der Waals surface area contributed by atoms with Gasteiger partial charge in [0.25, 0.3) is 5.69 Å².